The van der Waals surface area contributed by atoms with E-state index in [4.69, 9.17) is 14.9 Å². The van der Waals surface area contributed by atoms with Crippen LogP contribution in [0.1, 0.15) is 18.2 Å². The lowest BCUT2D eigenvalue weighted by molar-refractivity contribution is -0.131. The largest absolute Gasteiger partial charge is 0.478 e. The number of aliphatic hydroxyl groups is 2. The van der Waals surface area contributed by atoms with Crippen molar-refractivity contribution in [2.45, 2.75) is 24.9 Å². The number of ether oxygens (including phenoxy) is 1. The maximum atomic E-state index is 11.8. The van der Waals surface area contributed by atoms with Gasteiger partial charge < -0.3 is 20.1 Å². The summed E-state index contributed by atoms with van der Waals surface area (Å²) >= 11 is 0. The predicted molar refractivity (Wildman–Crippen MR) is 69.6 cm³/mol. The Bertz CT molecular complexity index is 675. The Labute approximate surface area is 117 Å². The fourth-order valence-electron chi connectivity index (χ4n) is 2.04. The maximum Gasteiger partial charge on any atom is 0.330 e. The molecule has 1 saturated heterocycles. The summed E-state index contributed by atoms with van der Waals surface area (Å²) in [5.41, 5.74) is -1.52. The molecule has 1 aliphatic rings. The van der Waals surface area contributed by atoms with Crippen LogP contribution in [0.2, 0.25) is 0 Å². The lowest BCUT2D eigenvalue weighted by atomic mass is 10.2. The van der Waals surface area contributed by atoms with E-state index in [0.29, 0.717) is 0 Å². The molecule has 21 heavy (non-hydrogen) atoms. The molecule has 2 rings (SSSR count). The molecule has 0 aliphatic carbocycles. The fraction of sp³-hybridized carbons (Fsp3) is 0.417. The quantitative estimate of drug-likeness (QED) is 0.484. The fourth-order valence-corrected chi connectivity index (χ4v) is 2.04. The number of aromatic nitrogens is 2. The van der Waals surface area contributed by atoms with Crippen molar-refractivity contribution >= 4 is 12.0 Å². The van der Waals surface area contributed by atoms with Crippen molar-refractivity contribution in [3.63, 3.8) is 0 Å². The molecule has 114 valence electrons. The first-order valence-electron chi connectivity index (χ1n) is 6.13. The second-order valence-corrected chi connectivity index (χ2v) is 4.54. The summed E-state index contributed by atoms with van der Waals surface area (Å²) < 4.78 is 6.35. The van der Waals surface area contributed by atoms with Gasteiger partial charge in [0.15, 0.2) is 0 Å². The first-order valence-corrected chi connectivity index (χ1v) is 6.13. The van der Waals surface area contributed by atoms with Gasteiger partial charge in [0.25, 0.3) is 5.56 Å². The van der Waals surface area contributed by atoms with Crippen molar-refractivity contribution in [1.82, 2.24) is 9.55 Å². The summed E-state index contributed by atoms with van der Waals surface area (Å²) in [5, 5.41) is 27.2. The Hall–Kier alpha value is -2.23. The Balaban J connectivity index is 2.37. The number of carboxylic acids is 1. The number of rotatable bonds is 4. The van der Waals surface area contributed by atoms with E-state index in [1.54, 1.807) is 0 Å². The van der Waals surface area contributed by atoms with Gasteiger partial charge in [-0.05, 0) is 6.08 Å². The Morgan fingerprint density at radius 2 is 2.24 bits per heavy atom. The highest BCUT2D eigenvalue weighted by Gasteiger charge is 2.35. The van der Waals surface area contributed by atoms with Gasteiger partial charge in [-0.2, -0.15) is 0 Å². The molecule has 0 radical (unpaired) electrons. The summed E-state index contributed by atoms with van der Waals surface area (Å²) in [6.07, 6.45) is 0.436. The van der Waals surface area contributed by atoms with Crippen LogP contribution in [0.15, 0.2) is 21.9 Å². The first-order chi connectivity index (χ1) is 9.92. The van der Waals surface area contributed by atoms with Gasteiger partial charge in [0, 0.05) is 18.7 Å². The minimum atomic E-state index is -1.24. The van der Waals surface area contributed by atoms with Gasteiger partial charge in [0.2, 0.25) is 0 Å². The van der Waals surface area contributed by atoms with Crippen molar-refractivity contribution in [2.75, 3.05) is 6.61 Å². The number of nitrogens with zero attached hydrogens (tertiary/aromatic N) is 1. The van der Waals surface area contributed by atoms with Crippen LogP contribution in [0, 0.1) is 0 Å². The number of carbonyl (C=O) groups is 1. The molecule has 3 atom stereocenters. The average Bonchev–Trinajstić information content (AvgIpc) is 2.78. The maximum absolute atomic E-state index is 11.8. The van der Waals surface area contributed by atoms with Crippen LogP contribution in [0.5, 0.6) is 0 Å². The molecule has 1 fully saturated rings. The number of aliphatic hydroxyl groups excluding tert-OH is 2. The molecule has 0 bridgehead atoms. The third kappa shape index (κ3) is 3.27. The minimum absolute atomic E-state index is 0.0393. The van der Waals surface area contributed by atoms with E-state index in [1.165, 1.54) is 0 Å². The van der Waals surface area contributed by atoms with Crippen molar-refractivity contribution in [2.24, 2.45) is 0 Å². The van der Waals surface area contributed by atoms with E-state index in [2.05, 4.69) is 0 Å². The number of carboxylic acid groups (broad SMARTS) is 1. The molecule has 0 amide bonds. The van der Waals surface area contributed by atoms with E-state index >= 15 is 0 Å². The van der Waals surface area contributed by atoms with Gasteiger partial charge in [0.1, 0.15) is 12.3 Å². The Kier molecular flexibility index (Phi) is 4.36. The molecule has 0 saturated carbocycles. The van der Waals surface area contributed by atoms with Gasteiger partial charge >= 0.3 is 11.7 Å². The van der Waals surface area contributed by atoms with Crippen molar-refractivity contribution in [3.05, 3.63) is 38.7 Å². The number of aromatic amines is 1. The molecule has 9 nitrogen and oxygen atoms in total. The molecule has 1 aliphatic heterocycles. The predicted octanol–water partition coefficient (Wildman–Crippen LogP) is -1.72. The third-order valence-corrected chi connectivity index (χ3v) is 3.10. The smallest absolute Gasteiger partial charge is 0.330 e. The summed E-state index contributed by atoms with van der Waals surface area (Å²) in [4.78, 5) is 35.8. The van der Waals surface area contributed by atoms with Crippen LogP contribution in [0.4, 0.5) is 0 Å². The summed E-state index contributed by atoms with van der Waals surface area (Å²) in [6.45, 7) is -0.401. The molecule has 0 aromatic carbocycles. The summed E-state index contributed by atoms with van der Waals surface area (Å²) in [5.74, 6) is -1.24. The first kappa shape index (κ1) is 15.2. The Morgan fingerprint density at radius 3 is 2.81 bits per heavy atom. The van der Waals surface area contributed by atoms with Gasteiger partial charge in [-0.25, -0.2) is 9.59 Å². The SMILES string of the molecule is O=C(O)C=Cc1cn(C2CC(O)C(CO)O2)c(=O)[nH]c1=O. The number of hydrogen-bond acceptors (Lipinski definition) is 6. The lowest BCUT2D eigenvalue weighted by Gasteiger charge is -2.14. The highest BCUT2D eigenvalue weighted by atomic mass is 16.5. The van der Waals surface area contributed by atoms with Gasteiger partial charge in [-0.15, -0.1) is 0 Å². The van der Waals surface area contributed by atoms with Gasteiger partial charge in [-0.3, -0.25) is 14.3 Å². The van der Waals surface area contributed by atoms with Crippen LogP contribution in [-0.4, -0.2) is 49.7 Å². The van der Waals surface area contributed by atoms with Crippen LogP contribution in [0.3, 0.4) is 0 Å². The monoisotopic (exact) mass is 298 g/mol. The second-order valence-electron chi connectivity index (χ2n) is 4.54. The molecule has 9 heteroatoms. The second kappa shape index (κ2) is 6.04. The van der Waals surface area contributed by atoms with Crippen LogP contribution >= 0.6 is 0 Å². The molecule has 1 aromatic heterocycles. The molecule has 4 N–H and O–H groups in total. The van der Waals surface area contributed by atoms with Crippen molar-refractivity contribution in [1.29, 1.82) is 0 Å². The van der Waals surface area contributed by atoms with Crippen LogP contribution < -0.4 is 11.2 Å². The zero-order chi connectivity index (χ0) is 15.6. The van der Waals surface area contributed by atoms with E-state index in [0.717, 1.165) is 22.9 Å². The zero-order valence-corrected chi connectivity index (χ0v) is 10.8. The summed E-state index contributed by atoms with van der Waals surface area (Å²) in [6, 6.07) is 0. The summed E-state index contributed by atoms with van der Waals surface area (Å²) in [7, 11) is 0. The lowest BCUT2D eigenvalue weighted by Crippen LogP contribution is -2.33. The highest BCUT2D eigenvalue weighted by molar-refractivity contribution is 5.85. The van der Waals surface area contributed by atoms with Gasteiger partial charge in [-0.1, -0.05) is 0 Å². The minimum Gasteiger partial charge on any atom is -0.478 e. The number of hydrogen-bond donors (Lipinski definition) is 4. The van der Waals surface area contributed by atoms with Crippen LogP contribution in [0.25, 0.3) is 6.08 Å². The number of aliphatic carboxylic acids is 1. The zero-order valence-electron chi connectivity index (χ0n) is 10.8. The van der Waals surface area contributed by atoms with Crippen LogP contribution in [-0.2, 0) is 9.53 Å². The normalized spacial score (nSPS) is 25.5. The van der Waals surface area contributed by atoms with E-state index in [-0.39, 0.29) is 12.0 Å². The third-order valence-electron chi connectivity index (χ3n) is 3.10. The molecule has 2 heterocycles. The Morgan fingerprint density at radius 1 is 1.52 bits per heavy atom. The number of nitrogens with one attached hydrogen (secondary N) is 1. The van der Waals surface area contributed by atoms with E-state index < -0.39 is 42.3 Å². The molecular weight excluding hydrogens is 284 g/mol. The number of H-pyrrole nitrogens is 1. The van der Waals surface area contributed by atoms with Crippen molar-refractivity contribution < 1.29 is 24.9 Å². The van der Waals surface area contributed by atoms with Gasteiger partial charge in [0.05, 0.1) is 18.3 Å². The molecule has 3 unspecified atom stereocenters. The standard InChI is InChI=1S/C12H14N2O7/c15-5-8-7(16)3-9(21-8)14-4-6(1-2-10(17)18)11(19)13-12(14)20/h1-2,4,7-9,15-16H,3,5H2,(H,17,18)(H,13,19,20). The van der Waals surface area contributed by atoms with Crippen molar-refractivity contribution in [3.8, 4) is 0 Å². The van der Waals surface area contributed by atoms with E-state index in [1.807, 2.05) is 4.98 Å². The topological polar surface area (TPSA) is 142 Å². The highest BCUT2D eigenvalue weighted by Crippen LogP contribution is 2.27. The average molecular weight is 298 g/mol. The molecule has 1 aromatic rings. The molecular formula is C12H14N2O7. The van der Waals surface area contributed by atoms with E-state index in [9.17, 15) is 19.5 Å². The molecule has 0 spiro atoms.